The summed E-state index contributed by atoms with van der Waals surface area (Å²) in [5.74, 6) is 1.59. The lowest BCUT2D eigenvalue weighted by Gasteiger charge is -2.32. The van der Waals surface area contributed by atoms with Crippen LogP contribution in [-0.4, -0.2) is 23.8 Å². The topological polar surface area (TPSA) is 32.3 Å². The van der Waals surface area contributed by atoms with Gasteiger partial charge in [-0.2, -0.15) is 0 Å². The molecular formula is C13H25NO. The number of nitrogens with one attached hydrogen (secondary N) is 1. The van der Waals surface area contributed by atoms with Crippen LogP contribution in [0.15, 0.2) is 0 Å². The molecule has 2 fully saturated rings. The average Bonchev–Trinajstić information content (AvgIpc) is 3.11. The molecule has 1 atom stereocenters. The van der Waals surface area contributed by atoms with E-state index in [1.807, 2.05) is 0 Å². The molecular weight excluding hydrogens is 186 g/mol. The van der Waals surface area contributed by atoms with Gasteiger partial charge in [-0.15, -0.1) is 0 Å². The second-order valence-electron chi connectivity index (χ2n) is 5.73. The van der Waals surface area contributed by atoms with Crippen molar-refractivity contribution in [3.05, 3.63) is 0 Å². The van der Waals surface area contributed by atoms with Crippen LogP contribution in [0.3, 0.4) is 0 Å². The third-order valence-corrected chi connectivity index (χ3v) is 4.33. The Labute approximate surface area is 93.5 Å². The highest BCUT2D eigenvalue weighted by Crippen LogP contribution is 2.39. The number of hydrogen-bond donors (Lipinski definition) is 2. The molecule has 2 nitrogen and oxygen atoms in total. The van der Waals surface area contributed by atoms with E-state index >= 15 is 0 Å². The predicted octanol–water partition coefficient (Wildman–Crippen LogP) is 2.32. The maximum Gasteiger partial charge on any atom is 0.0613 e. The van der Waals surface area contributed by atoms with Crippen LogP contribution in [0.25, 0.3) is 0 Å². The highest BCUT2D eigenvalue weighted by molar-refractivity contribution is 4.97. The monoisotopic (exact) mass is 211 g/mol. The van der Waals surface area contributed by atoms with Gasteiger partial charge in [0.15, 0.2) is 0 Å². The van der Waals surface area contributed by atoms with Crippen molar-refractivity contribution in [1.82, 2.24) is 5.32 Å². The largest absolute Gasteiger partial charge is 0.394 e. The summed E-state index contributed by atoms with van der Waals surface area (Å²) in [6.45, 7) is 3.60. The minimum atomic E-state index is 0.0114. The van der Waals surface area contributed by atoms with Crippen molar-refractivity contribution in [3.63, 3.8) is 0 Å². The zero-order valence-corrected chi connectivity index (χ0v) is 9.97. The molecule has 88 valence electrons. The Bertz CT molecular complexity index is 197. The SMILES string of the molecule is CC(CO)(NCC1CCCCC1)C1CC1. The molecule has 2 heteroatoms. The van der Waals surface area contributed by atoms with Crippen LogP contribution in [0.2, 0.25) is 0 Å². The number of rotatable bonds is 5. The first-order valence-corrected chi connectivity index (χ1v) is 6.60. The molecule has 0 radical (unpaired) electrons. The van der Waals surface area contributed by atoms with Gasteiger partial charge in [0.1, 0.15) is 0 Å². The molecule has 2 saturated carbocycles. The van der Waals surface area contributed by atoms with Gasteiger partial charge >= 0.3 is 0 Å². The van der Waals surface area contributed by atoms with Gasteiger partial charge in [-0.05, 0) is 51.0 Å². The van der Waals surface area contributed by atoms with E-state index in [2.05, 4.69) is 12.2 Å². The summed E-state index contributed by atoms with van der Waals surface area (Å²) in [6, 6.07) is 0. The van der Waals surface area contributed by atoms with Crippen molar-refractivity contribution in [2.45, 2.75) is 57.4 Å². The molecule has 1 unspecified atom stereocenters. The van der Waals surface area contributed by atoms with Gasteiger partial charge in [0.05, 0.1) is 6.61 Å². The van der Waals surface area contributed by atoms with Gasteiger partial charge in [-0.1, -0.05) is 19.3 Å². The summed E-state index contributed by atoms with van der Waals surface area (Å²) in [7, 11) is 0. The molecule has 0 bridgehead atoms. The van der Waals surface area contributed by atoms with Gasteiger partial charge in [-0.25, -0.2) is 0 Å². The first-order valence-electron chi connectivity index (χ1n) is 6.60. The van der Waals surface area contributed by atoms with Gasteiger partial charge in [0.25, 0.3) is 0 Å². The smallest absolute Gasteiger partial charge is 0.0613 e. The molecule has 2 aliphatic carbocycles. The Morgan fingerprint density at radius 2 is 1.80 bits per heavy atom. The Morgan fingerprint density at radius 3 is 2.33 bits per heavy atom. The minimum absolute atomic E-state index is 0.0114. The Hall–Kier alpha value is -0.0800. The van der Waals surface area contributed by atoms with E-state index < -0.39 is 0 Å². The summed E-state index contributed by atoms with van der Waals surface area (Å²) < 4.78 is 0. The summed E-state index contributed by atoms with van der Waals surface area (Å²) >= 11 is 0. The summed E-state index contributed by atoms with van der Waals surface area (Å²) in [5, 5.41) is 13.1. The maximum absolute atomic E-state index is 9.46. The second-order valence-corrected chi connectivity index (χ2v) is 5.73. The van der Waals surface area contributed by atoms with Crippen LogP contribution >= 0.6 is 0 Å². The first-order chi connectivity index (χ1) is 7.24. The van der Waals surface area contributed by atoms with Crippen molar-refractivity contribution < 1.29 is 5.11 Å². The number of hydrogen-bond acceptors (Lipinski definition) is 2. The van der Waals surface area contributed by atoms with E-state index in [9.17, 15) is 5.11 Å². The normalized spacial score (nSPS) is 27.6. The van der Waals surface area contributed by atoms with E-state index in [1.165, 1.54) is 44.9 Å². The van der Waals surface area contributed by atoms with Gasteiger partial charge in [0.2, 0.25) is 0 Å². The Balaban J connectivity index is 1.74. The predicted molar refractivity (Wildman–Crippen MR) is 62.8 cm³/mol. The van der Waals surface area contributed by atoms with Crippen LogP contribution in [0.4, 0.5) is 0 Å². The molecule has 0 spiro atoms. The average molecular weight is 211 g/mol. The quantitative estimate of drug-likeness (QED) is 0.731. The Kier molecular flexibility index (Phi) is 3.68. The molecule has 0 heterocycles. The fraction of sp³-hybridized carbons (Fsp3) is 1.00. The van der Waals surface area contributed by atoms with Crippen LogP contribution < -0.4 is 5.32 Å². The lowest BCUT2D eigenvalue weighted by atomic mass is 9.88. The Morgan fingerprint density at radius 1 is 1.13 bits per heavy atom. The minimum Gasteiger partial charge on any atom is -0.394 e. The van der Waals surface area contributed by atoms with Gasteiger partial charge in [0, 0.05) is 5.54 Å². The molecule has 15 heavy (non-hydrogen) atoms. The molecule has 0 saturated heterocycles. The third-order valence-electron chi connectivity index (χ3n) is 4.33. The van der Waals surface area contributed by atoms with Crippen molar-refractivity contribution in [3.8, 4) is 0 Å². The fourth-order valence-electron chi connectivity index (χ4n) is 2.82. The summed E-state index contributed by atoms with van der Waals surface area (Å²) in [4.78, 5) is 0. The zero-order chi connectivity index (χ0) is 10.7. The molecule has 2 rings (SSSR count). The van der Waals surface area contributed by atoms with Crippen LogP contribution in [-0.2, 0) is 0 Å². The number of aliphatic hydroxyl groups is 1. The lowest BCUT2D eigenvalue weighted by molar-refractivity contribution is 0.145. The van der Waals surface area contributed by atoms with E-state index in [1.54, 1.807) is 0 Å². The summed E-state index contributed by atoms with van der Waals surface area (Å²) in [6.07, 6.45) is 9.62. The van der Waals surface area contributed by atoms with Crippen molar-refractivity contribution in [2.75, 3.05) is 13.2 Å². The van der Waals surface area contributed by atoms with Gasteiger partial charge < -0.3 is 10.4 Å². The molecule has 0 aliphatic heterocycles. The van der Waals surface area contributed by atoms with Crippen molar-refractivity contribution in [1.29, 1.82) is 0 Å². The first kappa shape index (κ1) is 11.4. The number of aliphatic hydroxyl groups excluding tert-OH is 1. The fourth-order valence-corrected chi connectivity index (χ4v) is 2.82. The van der Waals surface area contributed by atoms with Crippen LogP contribution in [0, 0.1) is 11.8 Å². The van der Waals surface area contributed by atoms with Crippen LogP contribution in [0.5, 0.6) is 0 Å². The standard InChI is InChI=1S/C13H25NO/c1-13(10-15,12-7-8-12)14-9-11-5-3-2-4-6-11/h11-12,14-15H,2-10H2,1H3. The highest BCUT2D eigenvalue weighted by atomic mass is 16.3. The second kappa shape index (κ2) is 4.84. The molecule has 0 aromatic rings. The maximum atomic E-state index is 9.46. The van der Waals surface area contributed by atoms with Crippen LogP contribution in [0.1, 0.15) is 51.9 Å². The molecule has 2 N–H and O–H groups in total. The molecule has 0 aromatic carbocycles. The molecule has 0 amide bonds. The third kappa shape index (κ3) is 2.94. The highest BCUT2D eigenvalue weighted by Gasteiger charge is 2.40. The van der Waals surface area contributed by atoms with Crippen molar-refractivity contribution >= 4 is 0 Å². The summed E-state index contributed by atoms with van der Waals surface area (Å²) in [5.41, 5.74) is 0.0114. The molecule has 0 aromatic heterocycles. The van der Waals surface area contributed by atoms with E-state index in [-0.39, 0.29) is 5.54 Å². The zero-order valence-electron chi connectivity index (χ0n) is 9.97. The molecule has 2 aliphatic rings. The van der Waals surface area contributed by atoms with E-state index in [0.717, 1.165) is 18.4 Å². The van der Waals surface area contributed by atoms with Crippen molar-refractivity contribution in [2.24, 2.45) is 11.8 Å². The van der Waals surface area contributed by atoms with Gasteiger partial charge in [-0.3, -0.25) is 0 Å². The lowest BCUT2D eigenvalue weighted by Crippen LogP contribution is -2.49. The van der Waals surface area contributed by atoms with E-state index in [4.69, 9.17) is 0 Å². The van der Waals surface area contributed by atoms with E-state index in [0.29, 0.717) is 6.61 Å².